The normalized spacial score (nSPS) is 13.7. The largest absolute Gasteiger partial charge is 0.492 e. The molecule has 2 N–H and O–H groups in total. The maximum Gasteiger partial charge on any atom is 0.128 e. The molecule has 0 fully saturated rings. The first kappa shape index (κ1) is 15.5. The zero-order valence-corrected chi connectivity index (χ0v) is 12.6. The second kappa shape index (κ2) is 7.23. The van der Waals surface area contributed by atoms with Crippen LogP contribution in [0.3, 0.4) is 0 Å². The Labute approximate surface area is 125 Å². The van der Waals surface area contributed by atoms with Crippen LogP contribution in [-0.2, 0) is 0 Å². The summed E-state index contributed by atoms with van der Waals surface area (Å²) >= 11 is 0. The van der Waals surface area contributed by atoms with E-state index in [0.29, 0.717) is 11.5 Å². The van der Waals surface area contributed by atoms with Crippen molar-refractivity contribution in [2.75, 3.05) is 6.61 Å². The number of ether oxygens (including phenoxy) is 1. The molecule has 0 amide bonds. The second-order valence-electron chi connectivity index (χ2n) is 5.32. The number of rotatable bonds is 6. The number of hydrogen-bond donors (Lipinski definition) is 1. The highest BCUT2D eigenvalue weighted by Crippen LogP contribution is 2.22. The summed E-state index contributed by atoms with van der Waals surface area (Å²) in [6.45, 7) is 4.62. The van der Waals surface area contributed by atoms with Crippen LogP contribution >= 0.6 is 0 Å². The molecule has 0 saturated heterocycles. The smallest absolute Gasteiger partial charge is 0.128 e. The molecule has 112 valence electrons. The first-order chi connectivity index (χ1) is 10.1. The predicted octanol–water partition coefficient (Wildman–Crippen LogP) is 4.42. The summed E-state index contributed by atoms with van der Waals surface area (Å²) < 4.78 is 19.3. The fraction of sp³-hybridized carbons (Fsp3) is 0.333. The number of nitrogens with two attached hydrogens (primary N) is 1. The summed E-state index contributed by atoms with van der Waals surface area (Å²) in [6, 6.07) is 14.1. The Balaban J connectivity index is 1.95. The van der Waals surface area contributed by atoms with E-state index in [-0.39, 0.29) is 12.4 Å². The number of halogens is 1. The van der Waals surface area contributed by atoms with Gasteiger partial charge in [-0.05, 0) is 36.1 Å². The van der Waals surface area contributed by atoms with Crippen molar-refractivity contribution in [1.82, 2.24) is 0 Å². The van der Waals surface area contributed by atoms with Gasteiger partial charge in [-0.1, -0.05) is 44.2 Å². The Morgan fingerprint density at radius 3 is 2.38 bits per heavy atom. The molecule has 0 spiro atoms. The van der Waals surface area contributed by atoms with Gasteiger partial charge in [-0.15, -0.1) is 0 Å². The standard InChI is InChI=1S/C18H22FNO/c1-3-13(2)14-8-10-15(11-9-14)21-12-18(20)16-6-4-5-7-17(16)19/h4-11,13,18H,3,12,20H2,1-2H3. The summed E-state index contributed by atoms with van der Waals surface area (Å²) in [5, 5.41) is 0. The van der Waals surface area contributed by atoms with Crippen molar-refractivity contribution >= 4 is 0 Å². The molecule has 0 aromatic heterocycles. The van der Waals surface area contributed by atoms with Crippen molar-refractivity contribution in [1.29, 1.82) is 0 Å². The maximum absolute atomic E-state index is 13.6. The minimum absolute atomic E-state index is 0.254. The van der Waals surface area contributed by atoms with Crippen molar-refractivity contribution in [2.45, 2.75) is 32.2 Å². The molecule has 2 atom stereocenters. The quantitative estimate of drug-likeness (QED) is 0.853. The van der Waals surface area contributed by atoms with Gasteiger partial charge in [-0.2, -0.15) is 0 Å². The van der Waals surface area contributed by atoms with Gasteiger partial charge in [-0.3, -0.25) is 0 Å². The second-order valence-corrected chi connectivity index (χ2v) is 5.32. The van der Waals surface area contributed by atoms with E-state index in [9.17, 15) is 4.39 Å². The molecule has 0 aliphatic rings. The Morgan fingerprint density at radius 1 is 1.10 bits per heavy atom. The Hall–Kier alpha value is -1.87. The summed E-state index contributed by atoms with van der Waals surface area (Å²) in [4.78, 5) is 0. The van der Waals surface area contributed by atoms with Crippen molar-refractivity contribution in [3.63, 3.8) is 0 Å². The van der Waals surface area contributed by atoms with E-state index in [1.165, 1.54) is 11.6 Å². The van der Waals surface area contributed by atoms with E-state index in [0.717, 1.165) is 12.2 Å². The predicted molar refractivity (Wildman–Crippen MR) is 84.0 cm³/mol. The molecule has 0 aliphatic heterocycles. The number of benzene rings is 2. The van der Waals surface area contributed by atoms with E-state index >= 15 is 0 Å². The van der Waals surface area contributed by atoms with Gasteiger partial charge < -0.3 is 10.5 Å². The first-order valence-corrected chi connectivity index (χ1v) is 7.34. The third kappa shape index (κ3) is 4.05. The molecular formula is C18H22FNO. The lowest BCUT2D eigenvalue weighted by atomic mass is 9.99. The van der Waals surface area contributed by atoms with Gasteiger partial charge in [0.1, 0.15) is 18.2 Å². The van der Waals surface area contributed by atoms with Gasteiger partial charge in [-0.25, -0.2) is 4.39 Å². The van der Waals surface area contributed by atoms with Gasteiger partial charge in [0.05, 0.1) is 6.04 Å². The lowest BCUT2D eigenvalue weighted by Gasteiger charge is -2.15. The van der Waals surface area contributed by atoms with Crippen LogP contribution in [0.2, 0.25) is 0 Å². The summed E-state index contributed by atoms with van der Waals surface area (Å²) in [5.74, 6) is 1.01. The van der Waals surface area contributed by atoms with Gasteiger partial charge >= 0.3 is 0 Å². The van der Waals surface area contributed by atoms with E-state index in [4.69, 9.17) is 10.5 Å². The molecule has 2 aromatic rings. The van der Waals surface area contributed by atoms with Crippen molar-refractivity contribution in [3.8, 4) is 5.75 Å². The average molecular weight is 287 g/mol. The molecule has 0 saturated carbocycles. The van der Waals surface area contributed by atoms with Crippen LogP contribution in [-0.4, -0.2) is 6.61 Å². The average Bonchev–Trinajstić information content (AvgIpc) is 2.52. The summed E-state index contributed by atoms with van der Waals surface area (Å²) in [7, 11) is 0. The Morgan fingerprint density at radius 2 is 1.76 bits per heavy atom. The molecule has 0 heterocycles. The number of hydrogen-bond acceptors (Lipinski definition) is 2. The van der Waals surface area contributed by atoms with Gasteiger partial charge in [0.15, 0.2) is 0 Å². The van der Waals surface area contributed by atoms with E-state index in [2.05, 4.69) is 26.0 Å². The first-order valence-electron chi connectivity index (χ1n) is 7.34. The van der Waals surface area contributed by atoms with Crippen LogP contribution in [0.25, 0.3) is 0 Å². The maximum atomic E-state index is 13.6. The lowest BCUT2D eigenvalue weighted by molar-refractivity contribution is 0.287. The van der Waals surface area contributed by atoms with Crippen LogP contribution in [0.4, 0.5) is 4.39 Å². The highest BCUT2D eigenvalue weighted by atomic mass is 19.1. The molecule has 2 rings (SSSR count). The fourth-order valence-electron chi connectivity index (χ4n) is 2.18. The molecule has 0 bridgehead atoms. The molecular weight excluding hydrogens is 265 g/mol. The summed E-state index contributed by atoms with van der Waals surface area (Å²) in [6.07, 6.45) is 1.11. The van der Waals surface area contributed by atoms with Crippen molar-refractivity contribution in [2.24, 2.45) is 5.73 Å². The monoisotopic (exact) mass is 287 g/mol. The zero-order valence-electron chi connectivity index (χ0n) is 12.6. The SMILES string of the molecule is CCC(C)c1ccc(OCC(N)c2ccccc2F)cc1. The lowest BCUT2D eigenvalue weighted by Crippen LogP contribution is -2.20. The van der Waals surface area contributed by atoms with Crippen LogP contribution < -0.4 is 10.5 Å². The van der Waals surface area contributed by atoms with Crippen LogP contribution in [0, 0.1) is 5.82 Å². The molecule has 2 aromatic carbocycles. The molecule has 0 aliphatic carbocycles. The highest BCUT2D eigenvalue weighted by Gasteiger charge is 2.11. The molecule has 3 heteroatoms. The topological polar surface area (TPSA) is 35.2 Å². The molecule has 2 unspecified atom stereocenters. The van der Waals surface area contributed by atoms with Gasteiger partial charge in [0.2, 0.25) is 0 Å². The molecule has 21 heavy (non-hydrogen) atoms. The molecule has 2 nitrogen and oxygen atoms in total. The Kier molecular flexibility index (Phi) is 5.34. The third-order valence-electron chi connectivity index (χ3n) is 3.80. The van der Waals surface area contributed by atoms with Gasteiger partial charge in [0.25, 0.3) is 0 Å². The van der Waals surface area contributed by atoms with E-state index in [1.807, 2.05) is 12.1 Å². The molecule has 0 radical (unpaired) electrons. The van der Waals surface area contributed by atoms with Crippen LogP contribution in [0.15, 0.2) is 48.5 Å². The minimum Gasteiger partial charge on any atom is -0.492 e. The van der Waals surface area contributed by atoms with Gasteiger partial charge in [0, 0.05) is 5.56 Å². The van der Waals surface area contributed by atoms with E-state index in [1.54, 1.807) is 18.2 Å². The van der Waals surface area contributed by atoms with Crippen molar-refractivity contribution in [3.05, 3.63) is 65.5 Å². The van der Waals surface area contributed by atoms with Crippen molar-refractivity contribution < 1.29 is 9.13 Å². The van der Waals surface area contributed by atoms with Crippen LogP contribution in [0.1, 0.15) is 43.4 Å². The highest BCUT2D eigenvalue weighted by molar-refractivity contribution is 5.29. The third-order valence-corrected chi connectivity index (χ3v) is 3.80. The fourth-order valence-corrected chi connectivity index (χ4v) is 2.18. The summed E-state index contributed by atoms with van der Waals surface area (Å²) in [5.41, 5.74) is 7.75. The minimum atomic E-state index is -0.472. The zero-order chi connectivity index (χ0) is 15.2. The van der Waals surface area contributed by atoms with Crippen LogP contribution in [0.5, 0.6) is 5.75 Å². The van der Waals surface area contributed by atoms with E-state index < -0.39 is 6.04 Å². The Bertz CT molecular complexity index is 568.